The molecule has 3 heteroatoms. The number of fused-ring (bicyclic) bond motifs is 10. The molecular weight excluding hydrogens is 548 g/mol. The molecule has 0 N–H and O–H groups in total. The second kappa shape index (κ2) is 9.22. The number of aromatic nitrogens is 2. The lowest BCUT2D eigenvalue weighted by molar-refractivity contribution is 0.668. The zero-order valence-electron chi connectivity index (χ0n) is 37.2. The van der Waals surface area contributed by atoms with Gasteiger partial charge in [0.05, 0.1) is 41.3 Å². The Bertz CT molecular complexity index is 3550. The van der Waals surface area contributed by atoms with Crippen molar-refractivity contribution in [3.8, 4) is 22.5 Å². The molecule has 10 rings (SSSR count). The molecule has 0 fully saturated rings. The maximum atomic E-state index is 9.69. The molecule has 0 saturated heterocycles. The number of hydrogen-bond donors (Lipinski definition) is 0. The smallest absolute Gasteiger partial charge is 0.137 e. The zero-order valence-corrected chi connectivity index (χ0v) is 23.2. The van der Waals surface area contributed by atoms with Gasteiger partial charge in [0, 0.05) is 49.7 Å². The Hall–Kier alpha value is -6.06. The van der Waals surface area contributed by atoms with Crippen LogP contribution in [0.5, 0.6) is 0 Å². The normalized spacial score (nSPS) is 16.4. The molecule has 0 bridgehead atoms. The minimum atomic E-state index is -0.611. The third-order valence-electron chi connectivity index (χ3n) is 8.20. The lowest BCUT2D eigenvalue weighted by Crippen LogP contribution is -1.95. The van der Waals surface area contributed by atoms with Crippen LogP contribution in [-0.4, -0.2) is 9.13 Å². The predicted octanol–water partition coefficient (Wildman–Crippen LogP) is 11.4. The maximum absolute atomic E-state index is 9.69. The molecule has 0 aliphatic carbocycles. The summed E-state index contributed by atoms with van der Waals surface area (Å²) in [6, 6.07) is 14.8. The standard InChI is InChI=1S/C42H26N2O/c1-2-11-27(12-3-1)28-13-10-14-29(25-28)43-35-18-7-4-16-33(35)41-37(43)23-24-38-42(41)34-17-5-8-19-36(34)44(38)30-21-22-32-31-15-6-9-20-39(31)45-40(32)26-30/h1-26H/i4D,5D,6D,15D,16D,17D,18D,19D,20D,21D,22D,23D,24D,26D. The van der Waals surface area contributed by atoms with Crippen LogP contribution in [0.25, 0.3) is 88.1 Å². The van der Waals surface area contributed by atoms with Crippen LogP contribution in [0.15, 0.2) is 162 Å². The Kier molecular flexibility index (Phi) is 2.99. The summed E-state index contributed by atoms with van der Waals surface area (Å²) in [7, 11) is 0. The average molecular weight is 589 g/mol. The van der Waals surface area contributed by atoms with Crippen LogP contribution >= 0.6 is 0 Å². The number of rotatable bonds is 3. The first-order chi connectivity index (χ1) is 28.1. The van der Waals surface area contributed by atoms with E-state index in [2.05, 4.69) is 0 Å². The van der Waals surface area contributed by atoms with Crippen molar-refractivity contribution in [3.05, 3.63) is 157 Å². The van der Waals surface area contributed by atoms with Crippen molar-refractivity contribution in [2.24, 2.45) is 0 Å². The molecular formula is C42H26N2O. The van der Waals surface area contributed by atoms with E-state index in [0.29, 0.717) is 5.69 Å². The van der Waals surface area contributed by atoms with Crippen molar-refractivity contribution in [1.29, 1.82) is 0 Å². The summed E-state index contributed by atoms with van der Waals surface area (Å²) in [5.41, 5.74) is 1.16. The van der Waals surface area contributed by atoms with Crippen LogP contribution in [0.3, 0.4) is 0 Å². The van der Waals surface area contributed by atoms with Gasteiger partial charge in [0.1, 0.15) is 11.2 Å². The third-order valence-corrected chi connectivity index (χ3v) is 8.20. The number of benzene rings is 7. The molecule has 3 aromatic heterocycles. The average Bonchev–Trinajstić information content (AvgIpc) is 3.90. The third kappa shape index (κ3) is 3.46. The molecule has 0 atom stereocenters. The number of nitrogens with zero attached hydrogens (tertiary/aromatic N) is 2. The predicted molar refractivity (Wildman–Crippen MR) is 188 cm³/mol. The fraction of sp³-hybridized carbons (Fsp3) is 0. The Morgan fingerprint density at radius 3 is 1.80 bits per heavy atom. The quantitative estimate of drug-likeness (QED) is 0.201. The van der Waals surface area contributed by atoms with E-state index in [1.807, 2.05) is 42.5 Å². The SMILES string of the molecule is [2H]c1cc([2H])c2oc3c([2H])c(-n4c5c([2H])cc([2H])c([2H])c5c5c6c7c([2H])c([2H])cc([2H])c7n(-c7cccc(-c8ccccc8)c7)c6c([2H])c([2H])c54)c([2H])c([2H])c3c2c1[2H]. The maximum Gasteiger partial charge on any atom is 0.137 e. The highest BCUT2D eigenvalue weighted by molar-refractivity contribution is 6.29. The van der Waals surface area contributed by atoms with Gasteiger partial charge in [-0.15, -0.1) is 0 Å². The highest BCUT2D eigenvalue weighted by atomic mass is 16.3. The lowest BCUT2D eigenvalue weighted by atomic mass is 10.0. The molecule has 0 amide bonds. The van der Waals surface area contributed by atoms with Gasteiger partial charge in [-0.05, 0) is 65.6 Å². The van der Waals surface area contributed by atoms with Gasteiger partial charge >= 0.3 is 0 Å². The fourth-order valence-electron chi connectivity index (χ4n) is 6.31. The van der Waals surface area contributed by atoms with E-state index < -0.39 is 36.3 Å². The Balaban J connectivity index is 1.46. The van der Waals surface area contributed by atoms with Crippen LogP contribution in [-0.2, 0) is 0 Å². The summed E-state index contributed by atoms with van der Waals surface area (Å²) in [4.78, 5) is 0. The number of para-hydroxylation sites is 3. The van der Waals surface area contributed by atoms with Crippen LogP contribution < -0.4 is 0 Å². The highest BCUT2D eigenvalue weighted by Crippen LogP contribution is 2.43. The zero-order chi connectivity index (χ0) is 41.7. The molecule has 0 saturated carbocycles. The van der Waals surface area contributed by atoms with E-state index in [1.54, 1.807) is 16.7 Å². The van der Waals surface area contributed by atoms with E-state index in [0.717, 1.165) is 23.3 Å². The van der Waals surface area contributed by atoms with Gasteiger partial charge in [0.25, 0.3) is 0 Å². The summed E-state index contributed by atoms with van der Waals surface area (Å²) in [5.74, 6) is 0. The van der Waals surface area contributed by atoms with Gasteiger partial charge in [-0.3, -0.25) is 0 Å². The molecule has 10 aromatic rings. The van der Waals surface area contributed by atoms with Crippen molar-refractivity contribution in [3.63, 3.8) is 0 Å². The van der Waals surface area contributed by atoms with Gasteiger partial charge in [-0.2, -0.15) is 0 Å². The van der Waals surface area contributed by atoms with Crippen molar-refractivity contribution in [2.45, 2.75) is 0 Å². The monoisotopic (exact) mass is 588 g/mol. The van der Waals surface area contributed by atoms with E-state index in [-0.39, 0.29) is 120 Å². The van der Waals surface area contributed by atoms with Crippen molar-refractivity contribution in [1.82, 2.24) is 9.13 Å². The minimum absolute atomic E-state index is 0.0147. The Morgan fingerprint density at radius 2 is 1.07 bits per heavy atom. The molecule has 0 unspecified atom stereocenters. The molecule has 0 aliphatic rings. The van der Waals surface area contributed by atoms with Gasteiger partial charge in [0.15, 0.2) is 0 Å². The van der Waals surface area contributed by atoms with Crippen LogP contribution in [0.2, 0.25) is 0 Å². The first-order valence-corrected chi connectivity index (χ1v) is 14.2. The van der Waals surface area contributed by atoms with Gasteiger partial charge < -0.3 is 13.6 Å². The highest BCUT2D eigenvalue weighted by Gasteiger charge is 2.21. The van der Waals surface area contributed by atoms with Gasteiger partial charge in [-0.1, -0.05) is 96.9 Å². The van der Waals surface area contributed by atoms with E-state index >= 15 is 0 Å². The van der Waals surface area contributed by atoms with Crippen molar-refractivity contribution < 1.29 is 23.6 Å². The van der Waals surface area contributed by atoms with E-state index in [4.69, 9.17) is 11.3 Å². The second-order valence-corrected chi connectivity index (χ2v) is 10.6. The minimum Gasteiger partial charge on any atom is -0.456 e. The molecule has 0 aliphatic heterocycles. The number of hydrogen-bond acceptors (Lipinski definition) is 1. The van der Waals surface area contributed by atoms with Crippen LogP contribution in [0.4, 0.5) is 0 Å². The molecule has 45 heavy (non-hydrogen) atoms. The first-order valence-electron chi connectivity index (χ1n) is 21.2. The van der Waals surface area contributed by atoms with E-state index in [1.165, 1.54) is 10.6 Å². The molecule has 3 nitrogen and oxygen atoms in total. The van der Waals surface area contributed by atoms with Crippen LogP contribution in [0, 0.1) is 0 Å². The van der Waals surface area contributed by atoms with Gasteiger partial charge in [-0.25, -0.2) is 0 Å². The van der Waals surface area contributed by atoms with Crippen LogP contribution in [0.1, 0.15) is 19.2 Å². The lowest BCUT2D eigenvalue weighted by Gasteiger charge is -2.11. The van der Waals surface area contributed by atoms with Gasteiger partial charge in [0.2, 0.25) is 0 Å². The largest absolute Gasteiger partial charge is 0.456 e. The first kappa shape index (κ1) is 14.6. The Morgan fingerprint density at radius 1 is 0.444 bits per heavy atom. The second-order valence-electron chi connectivity index (χ2n) is 10.6. The fourth-order valence-corrected chi connectivity index (χ4v) is 6.31. The van der Waals surface area contributed by atoms with E-state index in [9.17, 15) is 12.3 Å². The van der Waals surface area contributed by atoms with Crippen molar-refractivity contribution in [2.75, 3.05) is 0 Å². The molecule has 3 heterocycles. The van der Waals surface area contributed by atoms with Crippen molar-refractivity contribution >= 4 is 65.6 Å². The topological polar surface area (TPSA) is 23.0 Å². The molecule has 0 spiro atoms. The summed E-state index contributed by atoms with van der Waals surface area (Å²) in [5, 5.41) is -0.165. The summed E-state index contributed by atoms with van der Waals surface area (Å²) < 4.78 is 136. The molecule has 0 radical (unpaired) electrons. The molecule has 7 aromatic carbocycles. The summed E-state index contributed by atoms with van der Waals surface area (Å²) >= 11 is 0. The molecule has 210 valence electrons. The number of furan rings is 1. The Labute approximate surface area is 278 Å². The summed E-state index contributed by atoms with van der Waals surface area (Å²) in [6.07, 6.45) is 0. The summed E-state index contributed by atoms with van der Waals surface area (Å²) in [6.45, 7) is 0.